The highest BCUT2D eigenvalue weighted by Gasteiger charge is 2.20. The molecule has 0 bridgehead atoms. The molecule has 8 aromatic carbocycles. The molecule has 3 aromatic heterocycles. The summed E-state index contributed by atoms with van der Waals surface area (Å²) < 4.78 is 13.1. The van der Waals surface area contributed by atoms with Crippen LogP contribution in [-0.2, 0) is 0 Å². The molecule has 5 heteroatoms. The highest BCUT2D eigenvalue weighted by atomic mass is 16.3. The van der Waals surface area contributed by atoms with Crippen molar-refractivity contribution in [1.82, 2.24) is 15.0 Å². The van der Waals surface area contributed by atoms with Gasteiger partial charge >= 0.3 is 0 Å². The number of para-hydroxylation sites is 3. The van der Waals surface area contributed by atoms with Crippen molar-refractivity contribution in [2.45, 2.75) is 0 Å². The van der Waals surface area contributed by atoms with Gasteiger partial charge in [-0.25, -0.2) is 15.0 Å². The first kappa shape index (κ1) is 31.9. The van der Waals surface area contributed by atoms with Crippen molar-refractivity contribution in [3.05, 3.63) is 188 Å². The maximum atomic E-state index is 6.72. The zero-order valence-electron chi connectivity index (χ0n) is 30.1. The number of nitrogens with zero attached hydrogens (tertiary/aromatic N) is 3. The monoisotopic (exact) mass is 717 g/mol. The number of benzene rings is 8. The molecule has 0 fully saturated rings. The van der Waals surface area contributed by atoms with Gasteiger partial charge in [0.2, 0.25) is 0 Å². The molecule has 0 saturated carbocycles. The van der Waals surface area contributed by atoms with Crippen LogP contribution in [0.15, 0.2) is 197 Å². The summed E-state index contributed by atoms with van der Waals surface area (Å²) in [7, 11) is 0. The molecule has 0 amide bonds. The van der Waals surface area contributed by atoms with Gasteiger partial charge in [0.1, 0.15) is 22.3 Å². The van der Waals surface area contributed by atoms with E-state index in [2.05, 4.69) is 109 Å². The number of furan rings is 2. The first-order valence-electron chi connectivity index (χ1n) is 18.7. The zero-order chi connectivity index (χ0) is 37.0. The third kappa shape index (κ3) is 5.45. The first-order chi connectivity index (χ1) is 27.7. The van der Waals surface area contributed by atoms with Crippen LogP contribution in [0.2, 0.25) is 0 Å². The van der Waals surface area contributed by atoms with E-state index in [0.717, 1.165) is 71.7 Å². The summed E-state index contributed by atoms with van der Waals surface area (Å²) in [6.07, 6.45) is 0. The largest absolute Gasteiger partial charge is 0.455 e. The third-order valence-corrected chi connectivity index (χ3v) is 10.6. The lowest BCUT2D eigenvalue weighted by Crippen LogP contribution is -2.00. The molecule has 0 spiro atoms. The molecule has 262 valence electrons. The van der Waals surface area contributed by atoms with Crippen LogP contribution in [0.5, 0.6) is 0 Å². The van der Waals surface area contributed by atoms with Crippen LogP contribution in [0.3, 0.4) is 0 Å². The van der Waals surface area contributed by atoms with Gasteiger partial charge in [0.05, 0.1) is 11.1 Å². The van der Waals surface area contributed by atoms with Crippen LogP contribution in [-0.4, -0.2) is 15.0 Å². The molecule has 5 nitrogen and oxygen atoms in total. The van der Waals surface area contributed by atoms with Crippen molar-refractivity contribution in [3.8, 4) is 67.5 Å². The maximum Gasteiger partial charge on any atom is 0.167 e. The van der Waals surface area contributed by atoms with Crippen LogP contribution in [0.1, 0.15) is 0 Å². The lowest BCUT2D eigenvalue weighted by Gasteiger charge is -2.09. The van der Waals surface area contributed by atoms with E-state index >= 15 is 0 Å². The Hall–Kier alpha value is -7.63. The predicted molar refractivity (Wildman–Crippen MR) is 227 cm³/mol. The van der Waals surface area contributed by atoms with E-state index in [9.17, 15) is 0 Å². The lowest BCUT2D eigenvalue weighted by molar-refractivity contribution is 0.669. The minimum Gasteiger partial charge on any atom is -0.455 e. The predicted octanol–water partition coefficient (Wildman–Crippen LogP) is 13.7. The van der Waals surface area contributed by atoms with Gasteiger partial charge in [-0.2, -0.15) is 0 Å². The quantitative estimate of drug-likeness (QED) is 0.171. The number of aromatic nitrogens is 3. The second-order valence-electron chi connectivity index (χ2n) is 14.0. The molecule has 0 atom stereocenters. The topological polar surface area (TPSA) is 65.0 Å². The SMILES string of the molecule is c1ccc(-c2ccc(-c3ccc(-c4ccc5c(c4)oc4c(-c6nc(-c7ccccc7)nc(-c7cccc8c7oc7ccccc78)n6)cccc45)cc3)cc2)cc1. The Morgan fingerprint density at radius 2 is 0.679 bits per heavy atom. The van der Waals surface area contributed by atoms with Gasteiger partial charge in [-0.15, -0.1) is 0 Å². The molecule has 0 aliphatic heterocycles. The molecule has 3 heterocycles. The number of hydrogen-bond donors (Lipinski definition) is 0. The fourth-order valence-corrected chi connectivity index (χ4v) is 7.75. The van der Waals surface area contributed by atoms with Crippen molar-refractivity contribution >= 4 is 43.9 Å². The average Bonchev–Trinajstić information content (AvgIpc) is 3.85. The second-order valence-corrected chi connectivity index (χ2v) is 14.0. The average molecular weight is 718 g/mol. The summed E-state index contributed by atoms with van der Waals surface area (Å²) in [6.45, 7) is 0. The Bertz CT molecular complexity index is 3220. The van der Waals surface area contributed by atoms with Crippen LogP contribution in [0, 0.1) is 0 Å². The summed E-state index contributed by atoms with van der Waals surface area (Å²) in [5.41, 5.74) is 12.6. The van der Waals surface area contributed by atoms with Crippen molar-refractivity contribution in [1.29, 1.82) is 0 Å². The van der Waals surface area contributed by atoms with Gasteiger partial charge in [-0.3, -0.25) is 0 Å². The minimum absolute atomic E-state index is 0.527. The van der Waals surface area contributed by atoms with E-state index in [1.54, 1.807) is 0 Å². The van der Waals surface area contributed by atoms with Crippen molar-refractivity contribution < 1.29 is 8.83 Å². The standard InChI is InChI=1S/C51H31N3O2/c1-3-11-32(12-4-1)33-21-23-34(24-22-33)35-25-27-36(28-26-35)38-29-30-40-42-17-10-19-44(48(42)56-46(40)31-38)51-53-49(37-13-5-2-6-14-37)52-50(54-51)43-18-9-16-41-39-15-7-8-20-45(39)55-47(41)43/h1-31H. The molecular formula is C51H31N3O2. The van der Waals surface area contributed by atoms with E-state index in [0.29, 0.717) is 17.5 Å². The van der Waals surface area contributed by atoms with Gasteiger partial charge in [-0.05, 0) is 63.7 Å². The molecule has 11 rings (SSSR count). The molecule has 11 aromatic rings. The Labute approximate surface area is 322 Å². The molecule has 56 heavy (non-hydrogen) atoms. The summed E-state index contributed by atoms with van der Waals surface area (Å²) in [4.78, 5) is 15.2. The van der Waals surface area contributed by atoms with Crippen molar-refractivity contribution in [3.63, 3.8) is 0 Å². The van der Waals surface area contributed by atoms with Gasteiger partial charge < -0.3 is 8.83 Å². The van der Waals surface area contributed by atoms with E-state index in [4.69, 9.17) is 23.8 Å². The zero-order valence-corrected chi connectivity index (χ0v) is 30.1. The van der Waals surface area contributed by atoms with Gasteiger partial charge in [-0.1, -0.05) is 158 Å². The van der Waals surface area contributed by atoms with Gasteiger partial charge in [0, 0.05) is 27.1 Å². The Kier molecular flexibility index (Phi) is 7.42. The number of rotatable bonds is 6. The Morgan fingerprint density at radius 1 is 0.268 bits per heavy atom. The normalized spacial score (nSPS) is 11.6. The highest BCUT2D eigenvalue weighted by Crippen LogP contribution is 2.39. The molecule has 0 aliphatic carbocycles. The molecular weight excluding hydrogens is 687 g/mol. The highest BCUT2D eigenvalue weighted by molar-refractivity contribution is 6.11. The fourth-order valence-electron chi connectivity index (χ4n) is 7.75. The van der Waals surface area contributed by atoms with Crippen LogP contribution < -0.4 is 0 Å². The van der Waals surface area contributed by atoms with E-state index < -0.39 is 0 Å². The summed E-state index contributed by atoms with van der Waals surface area (Å²) in [5, 5.41) is 4.10. The maximum absolute atomic E-state index is 6.72. The van der Waals surface area contributed by atoms with Crippen LogP contribution in [0.25, 0.3) is 111 Å². The van der Waals surface area contributed by atoms with E-state index in [1.165, 1.54) is 22.3 Å². The van der Waals surface area contributed by atoms with Crippen LogP contribution in [0.4, 0.5) is 0 Å². The minimum atomic E-state index is 0.527. The van der Waals surface area contributed by atoms with Gasteiger partial charge in [0.25, 0.3) is 0 Å². The lowest BCUT2D eigenvalue weighted by atomic mass is 9.97. The van der Waals surface area contributed by atoms with Gasteiger partial charge in [0.15, 0.2) is 17.5 Å². The molecule has 0 N–H and O–H groups in total. The number of fused-ring (bicyclic) bond motifs is 6. The summed E-state index contributed by atoms with van der Waals surface area (Å²) in [5.74, 6) is 1.63. The fraction of sp³-hybridized carbons (Fsp3) is 0. The Morgan fingerprint density at radius 3 is 1.27 bits per heavy atom. The van der Waals surface area contributed by atoms with E-state index in [1.807, 2.05) is 78.9 Å². The Balaban J connectivity index is 0.986. The van der Waals surface area contributed by atoms with E-state index in [-0.39, 0.29) is 0 Å². The molecule has 0 aliphatic rings. The first-order valence-corrected chi connectivity index (χ1v) is 18.7. The smallest absolute Gasteiger partial charge is 0.167 e. The molecule has 0 saturated heterocycles. The van der Waals surface area contributed by atoms with Crippen molar-refractivity contribution in [2.75, 3.05) is 0 Å². The summed E-state index contributed by atoms with van der Waals surface area (Å²) >= 11 is 0. The molecule has 0 unspecified atom stereocenters. The second kappa shape index (κ2) is 13.0. The molecule has 0 radical (unpaired) electrons. The van der Waals surface area contributed by atoms with Crippen molar-refractivity contribution in [2.24, 2.45) is 0 Å². The van der Waals surface area contributed by atoms with Crippen LogP contribution >= 0.6 is 0 Å². The third-order valence-electron chi connectivity index (χ3n) is 10.6. The number of hydrogen-bond acceptors (Lipinski definition) is 5. The summed E-state index contributed by atoms with van der Waals surface area (Å²) in [6, 6.07) is 64.7.